The normalized spacial score (nSPS) is 18.2. The summed E-state index contributed by atoms with van der Waals surface area (Å²) in [4.78, 5) is 15.7. The Morgan fingerprint density at radius 3 is 3.04 bits per heavy atom. The summed E-state index contributed by atoms with van der Waals surface area (Å²) in [5.41, 5.74) is 0.549. The monoisotopic (exact) mass is 317 g/mol. The molecule has 1 aliphatic rings. The van der Waals surface area contributed by atoms with E-state index in [4.69, 9.17) is 0 Å². The van der Waals surface area contributed by atoms with Crippen LogP contribution in [-0.2, 0) is 11.3 Å². The maximum atomic E-state index is 13.3. The average Bonchev–Trinajstić information content (AvgIpc) is 3.03. The molecule has 1 amide bonds. The van der Waals surface area contributed by atoms with Crippen LogP contribution in [-0.4, -0.2) is 43.6 Å². The van der Waals surface area contributed by atoms with Crippen molar-refractivity contribution in [2.45, 2.75) is 45.2 Å². The molecule has 1 saturated heterocycles. The van der Waals surface area contributed by atoms with Gasteiger partial charge in [0.15, 0.2) is 0 Å². The Balaban J connectivity index is 1.70. The highest BCUT2D eigenvalue weighted by Gasteiger charge is 2.25. The lowest BCUT2D eigenvalue weighted by molar-refractivity contribution is -0.136. The van der Waals surface area contributed by atoms with Gasteiger partial charge in [0.2, 0.25) is 11.7 Å². The van der Waals surface area contributed by atoms with E-state index in [2.05, 4.69) is 22.3 Å². The third-order valence-electron chi connectivity index (χ3n) is 4.23. The second-order valence-corrected chi connectivity index (χ2v) is 5.80. The molecule has 0 saturated carbocycles. The van der Waals surface area contributed by atoms with Crippen molar-refractivity contribution in [3.63, 3.8) is 0 Å². The summed E-state index contributed by atoms with van der Waals surface area (Å²) in [5.74, 6) is -0.0169. The van der Waals surface area contributed by atoms with Gasteiger partial charge < -0.3 is 4.90 Å². The Hall–Kier alpha value is -2.31. The van der Waals surface area contributed by atoms with Gasteiger partial charge in [-0.3, -0.25) is 4.79 Å². The molecular formula is C16H20FN5O. The molecule has 1 unspecified atom stereocenters. The third-order valence-corrected chi connectivity index (χ3v) is 4.23. The molecule has 23 heavy (non-hydrogen) atoms. The number of tetrazole rings is 1. The first-order valence-corrected chi connectivity index (χ1v) is 8.00. The molecule has 122 valence electrons. The van der Waals surface area contributed by atoms with E-state index < -0.39 is 0 Å². The molecule has 7 heteroatoms. The number of nitrogens with zero attached hydrogens (tertiary/aromatic N) is 5. The van der Waals surface area contributed by atoms with Crippen molar-refractivity contribution in [3.8, 4) is 11.4 Å². The van der Waals surface area contributed by atoms with Crippen LogP contribution in [0.1, 0.15) is 32.6 Å². The van der Waals surface area contributed by atoms with Crippen molar-refractivity contribution in [1.29, 1.82) is 0 Å². The van der Waals surface area contributed by atoms with Gasteiger partial charge in [-0.1, -0.05) is 19.1 Å². The van der Waals surface area contributed by atoms with Crippen molar-refractivity contribution in [2.24, 2.45) is 0 Å². The Labute approximate surface area is 134 Å². The van der Waals surface area contributed by atoms with Gasteiger partial charge in [-0.2, -0.15) is 4.80 Å². The lowest BCUT2D eigenvalue weighted by Gasteiger charge is -2.35. The number of halogens is 1. The Kier molecular flexibility index (Phi) is 4.64. The highest BCUT2D eigenvalue weighted by molar-refractivity contribution is 5.76. The van der Waals surface area contributed by atoms with Crippen molar-refractivity contribution in [2.75, 3.05) is 6.54 Å². The number of carbonyl (C=O) groups is 1. The minimum Gasteiger partial charge on any atom is -0.338 e. The molecule has 0 aliphatic carbocycles. The maximum absolute atomic E-state index is 13.3. The van der Waals surface area contributed by atoms with Crippen molar-refractivity contribution in [3.05, 3.63) is 30.1 Å². The summed E-state index contributed by atoms with van der Waals surface area (Å²) < 4.78 is 13.3. The molecule has 2 aromatic rings. The highest BCUT2D eigenvalue weighted by Crippen LogP contribution is 2.20. The molecule has 1 atom stereocenters. The van der Waals surface area contributed by atoms with E-state index in [0.717, 1.165) is 25.8 Å². The van der Waals surface area contributed by atoms with Crippen LogP contribution in [0.5, 0.6) is 0 Å². The van der Waals surface area contributed by atoms with Crippen molar-refractivity contribution < 1.29 is 9.18 Å². The standard InChI is InChI=1S/C16H20FN5O/c1-2-14-8-3-4-9-21(14)15(23)11-22-19-16(18-20-22)12-6-5-7-13(17)10-12/h5-7,10,14H,2-4,8-9,11H2,1H3. The van der Waals surface area contributed by atoms with Crippen LogP contribution >= 0.6 is 0 Å². The predicted molar refractivity (Wildman–Crippen MR) is 82.9 cm³/mol. The van der Waals surface area contributed by atoms with Crippen LogP contribution in [0.2, 0.25) is 0 Å². The summed E-state index contributed by atoms with van der Waals surface area (Å²) in [6.07, 6.45) is 4.24. The number of hydrogen-bond acceptors (Lipinski definition) is 4. The van der Waals surface area contributed by atoms with Crippen LogP contribution in [0.3, 0.4) is 0 Å². The second-order valence-electron chi connectivity index (χ2n) is 5.80. The molecule has 2 heterocycles. The van der Waals surface area contributed by atoms with Crippen LogP contribution in [0.25, 0.3) is 11.4 Å². The number of aromatic nitrogens is 4. The first-order valence-electron chi connectivity index (χ1n) is 8.00. The molecule has 1 fully saturated rings. The van der Waals surface area contributed by atoms with Gasteiger partial charge >= 0.3 is 0 Å². The molecule has 6 nitrogen and oxygen atoms in total. The second kappa shape index (κ2) is 6.85. The van der Waals surface area contributed by atoms with Crippen LogP contribution in [0.15, 0.2) is 24.3 Å². The fourth-order valence-electron chi connectivity index (χ4n) is 3.02. The fraction of sp³-hybridized carbons (Fsp3) is 0.500. The highest BCUT2D eigenvalue weighted by atomic mass is 19.1. The van der Waals surface area contributed by atoms with Crippen LogP contribution in [0, 0.1) is 5.82 Å². The SMILES string of the molecule is CCC1CCCCN1C(=O)Cn1nnc(-c2cccc(F)c2)n1. The Morgan fingerprint density at radius 2 is 2.26 bits per heavy atom. The number of benzene rings is 1. The predicted octanol–water partition coefficient (Wildman–Crippen LogP) is 2.27. The molecule has 1 aromatic carbocycles. The van der Waals surface area contributed by atoms with Gasteiger partial charge in [0.05, 0.1) is 0 Å². The molecular weight excluding hydrogens is 297 g/mol. The molecule has 1 aromatic heterocycles. The van der Waals surface area contributed by atoms with Gasteiger partial charge in [0, 0.05) is 18.2 Å². The fourth-order valence-corrected chi connectivity index (χ4v) is 3.02. The smallest absolute Gasteiger partial charge is 0.246 e. The van der Waals surface area contributed by atoms with E-state index in [-0.39, 0.29) is 18.3 Å². The number of amides is 1. The maximum Gasteiger partial charge on any atom is 0.246 e. The van der Waals surface area contributed by atoms with E-state index in [0.29, 0.717) is 17.4 Å². The minimum atomic E-state index is -0.353. The zero-order chi connectivity index (χ0) is 16.2. The van der Waals surface area contributed by atoms with Gasteiger partial charge in [0.25, 0.3) is 0 Å². The average molecular weight is 317 g/mol. The molecule has 1 aliphatic heterocycles. The molecule has 0 bridgehead atoms. The summed E-state index contributed by atoms with van der Waals surface area (Å²) in [5, 5.41) is 12.0. The summed E-state index contributed by atoms with van der Waals surface area (Å²) in [7, 11) is 0. The first kappa shape index (κ1) is 15.6. The third kappa shape index (κ3) is 3.55. The lowest BCUT2D eigenvalue weighted by Crippen LogP contribution is -2.45. The number of hydrogen-bond donors (Lipinski definition) is 0. The number of carbonyl (C=O) groups excluding carboxylic acids is 1. The number of likely N-dealkylation sites (tertiary alicyclic amines) is 1. The zero-order valence-corrected chi connectivity index (χ0v) is 13.2. The molecule has 3 rings (SSSR count). The van der Waals surface area contributed by atoms with Crippen molar-refractivity contribution >= 4 is 5.91 Å². The van der Waals surface area contributed by atoms with Crippen LogP contribution in [0.4, 0.5) is 4.39 Å². The first-order chi connectivity index (χ1) is 11.2. The van der Waals surface area contributed by atoms with E-state index in [1.165, 1.54) is 23.4 Å². The van der Waals surface area contributed by atoms with Crippen molar-refractivity contribution in [1.82, 2.24) is 25.1 Å². The largest absolute Gasteiger partial charge is 0.338 e. The Morgan fingerprint density at radius 1 is 1.39 bits per heavy atom. The van der Waals surface area contributed by atoms with Gasteiger partial charge in [-0.05, 0) is 43.0 Å². The molecule has 0 spiro atoms. The summed E-state index contributed by atoms with van der Waals surface area (Å²) in [6.45, 7) is 2.97. The number of piperidine rings is 1. The van der Waals surface area contributed by atoms with E-state index in [9.17, 15) is 9.18 Å². The van der Waals surface area contributed by atoms with E-state index in [1.54, 1.807) is 12.1 Å². The van der Waals surface area contributed by atoms with Gasteiger partial charge in [-0.15, -0.1) is 10.2 Å². The van der Waals surface area contributed by atoms with E-state index >= 15 is 0 Å². The topological polar surface area (TPSA) is 63.9 Å². The number of rotatable bonds is 4. The van der Waals surface area contributed by atoms with E-state index in [1.807, 2.05) is 4.90 Å². The molecule has 0 N–H and O–H groups in total. The van der Waals surface area contributed by atoms with Crippen LogP contribution < -0.4 is 0 Å². The summed E-state index contributed by atoms with van der Waals surface area (Å²) in [6, 6.07) is 6.32. The zero-order valence-electron chi connectivity index (χ0n) is 13.2. The van der Waals surface area contributed by atoms with Gasteiger partial charge in [-0.25, -0.2) is 4.39 Å². The minimum absolute atomic E-state index is 0.0137. The quantitative estimate of drug-likeness (QED) is 0.868. The lowest BCUT2D eigenvalue weighted by atomic mass is 10.00. The summed E-state index contributed by atoms with van der Waals surface area (Å²) >= 11 is 0. The molecule has 0 radical (unpaired) electrons. The Bertz CT molecular complexity index is 687. The van der Waals surface area contributed by atoms with Gasteiger partial charge in [0.1, 0.15) is 12.4 Å².